The number of rotatable bonds is 5. The number of hydrogen-bond donors (Lipinski definition) is 0. The Labute approximate surface area is 181 Å². The minimum Gasteiger partial charge on any atom is -0.497 e. The van der Waals surface area contributed by atoms with Crippen LogP contribution in [0.5, 0.6) is 5.75 Å². The Hall–Kier alpha value is -3.04. The summed E-state index contributed by atoms with van der Waals surface area (Å²) < 4.78 is 46.1. The maximum absolute atomic E-state index is 13.6. The van der Waals surface area contributed by atoms with Crippen molar-refractivity contribution in [3.8, 4) is 17.1 Å². The molecule has 1 saturated heterocycles. The van der Waals surface area contributed by atoms with E-state index in [1.54, 1.807) is 36.4 Å². The number of nitrogens with zero attached hydrogens (tertiary/aromatic N) is 4. The van der Waals surface area contributed by atoms with Gasteiger partial charge in [0.05, 0.1) is 12.0 Å². The third kappa shape index (κ3) is 4.52. The van der Waals surface area contributed by atoms with Gasteiger partial charge in [-0.15, -0.1) is 0 Å². The molecule has 0 atom stereocenters. The van der Waals surface area contributed by atoms with E-state index in [9.17, 15) is 12.8 Å². The van der Waals surface area contributed by atoms with E-state index in [0.717, 1.165) is 5.69 Å². The lowest BCUT2D eigenvalue weighted by atomic mass is 10.2. The molecule has 9 heteroatoms. The second-order valence-corrected chi connectivity index (χ2v) is 9.21. The molecule has 0 saturated carbocycles. The van der Waals surface area contributed by atoms with Crippen LogP contribution in [-0.2, 0) is 10.0 Å². The molecule has 0 unspecified atom stereocenters. The minimum absolute atomic E-state index is 0.244. The summed E-state index contributed by atoms with van der Waals surface area (Å²) in [7, 11) is -2.04. The highest BCUT2D eigenvalue weighted by Gasteiger charge is 2.29. The molecule has 0 bridgehead atoms. The fraction of sp³-hybridized carbons (Fsp3) is 0.273. The van der Waals surface area contributed by atoms with Crippen LogP contribution in [0.25, 0.3) is 11.4 Å². The number of benzene rings is 2. The first-order valence-electron chi connectivity index (χ1n) is 9.87. The molecule has 7 nitrogen and oxygen atoms in total. The van der Waals surface area contributed by atoms with Crippen molar-refractivity contribution in [2.75, 3.05) is 38.2 Å². The van der Waals surface area contributed by atoms with E-state index < -0.39 is 10.0 Å². The number of piperazine rings is 1. The third-order valence-corrected chi connectivity index (χ3v) is 7.10. The van der Waals surface area contributed by atoms with E-state index in [1.807, 2.05) is 17.9 Å². The molecule has 31 heavy (non-hydrogen) atoms. The van der Waals surface area contributed by atoms with Crippen LogP contribution in [0.15, 0.2) is 59.5 Å². The lowest BCUT2D eigenvalue weighted by Gasteiger charge is -2.34. The van der Waals surface area contributed by atoms with Gasteiger partial charge >= 0.3 is 0 Å². The molecular formula is C22H23FN4O3S. The van der Waals surface area contributed by atoms with Gasteiger partial charge in [0.1, 0.15) is 17.4 Å². The monoisotopic (exact) mass is 442 g/mol. The molecule has 1 aliphatic heterocycles. The number of sulfonamides is 1. The van der Waals surface area contributed by atoms with Crippen molar-refractivity contribution in [2.24, 2.45) is 0 Å². The van der Waals surface area contributed by atoms with Crippen LogP contribution in [-0.4, -0.2) is 56.0 Å². The van der Waals surface area contributed by atoms with Crippen molar-refractivity contribution >= 4 is 15.8 Å². The quantitative estimate of drug-likeness (QED) is 0.604. The zero-order chi connectivity index (χ0) is 22.0. The van der Waals surface area contributed by atoms with Crippen molar-refractivity contribution < 1.29 is 17.5 Å². The van der Waals surface area contributed by atoms with Gasteiger partial charge in [0.2, 0.25) is 10.0 Å². The maximum atomic E-state index is 13.6. The predicted octanol–water partition coefficient (Wildman–Crippen LogP) is 3.11. The molecule has 1 fully saturated rings. The van der Waals surface area contributed by atoms with Gasteiger partial charge in [-0.2, -0.15) is 4.31 Å². The van der Waals surface area contributed by atoms with Gasteiger partial charge in [-0.05, 0) is 43.3 Å². The summed E-state index contributed by atoms with van der Waals surface area (Å²) in [5.41, 5.74) is 1.36. The van der Waals surface area contributed by atoms with E-state index in [4.69, 9.17) is 4.74 Å². The van der Waals surface area contributed by atoms with Gasteiger partial charge in [0.15, 0.2) is 5.82 Å². The molecule has 2 aromatic carbocycles. The third-order valence-electron chi connectivity index (χ3n) is 5.18. The SMILES string of the molecule is COc1ccc(S(=O)(=O)N2CCN(c3cc(C)nc(-c4cccc(F)c4)n3)CC2)cc1. The molecule has 1 aliphatic rings. The Bertz CT molecular complexity index is 1180. The van der Waals surface area contributed by atoms with Crippen LogP contribution in [0.3, 0.4) is 0 Å². The maximum Gasteiger partial charge on any atom is 0.243 e. The number of anilines is 1. The first-order chi connectivity index (χ1) is 14.9. The van der Waals surface area contributed by atoms with Gasteiger partial charge in [0, 0.05) is 43.5 Å². The summed E-state index contributed by atoms with van der Waals surface area (Å²) in [4.78, 5) is 11.3. The summed E-state index contributed by atoms with van der Waals surface area (Å²) in [6.45, 7) is 3.53. The first kappa shape index (κ1) is 21.2. The van der Waals surface area contributed by atoms with E-state index in [-0.39, 0.29) is 10.7 Å². The highest BCUT2D eigenvalue weighted by Crippen LogP contribution is 2.24. The largest absolute Gasteiger partial charge is 0.497 e. The normalized spacial score (nSPS) is 15.1. The van der Waals surface area contributed by atoms with Gasteiger partial charge in [0.25, 0.3) is 0 Å². The second-order valence-electron chi connectivity index (χ2n) is 7.27. The average molecular weight is 443 g/mol. The Morgan fingerprint density at radius 1 is 0.968 bits per heavy atom. The van der Waals surface area contributed by atoms with Crippen molar-refractivity contribution in [1.29, 1.82) is 0 Å². The number of aromatic nitrogens is 2. The van der Waals surface area contributed by atoms with Crippen LogP contribution >= 0.6 is 0 Å². The lowest BCUT2D eigenvalue weighted by Crippen LogP contribution is -2.49. The summed E-state index contributed by atoms with van der Waals surface area (Å²) in [6, 6.07) is 14.4. The molecule has 4 rings (SSSR count). The number of halogens is 1. The molecule has 162 valence electrons. The fourth-order valence-corrected chi connectivity index (χ4v) is 4.95. The smallest absolute Gasteiger partial charge is 0.243 e. The molecule has 1 aromatic heterocycles. The Balaban J connectivity index is 1.51. The van der Waals surface area contributed by atoms with Crippen molar-refractivity contribution in [2.45, 2.75) is 11.8 Å². The fourth-order valence-electron chi connectivity index (χ4n) is 3.52. The zero-order valence-corrected chi connectivity index (χ0v) is 18.1. The molecule has 0 aliphatic carbocycles. The van der Waals surface area contributed by atoms with Gasteiger partial charge in [-0.3, -0.25) is 0 Å². The van der Waals surface area contributed by atoms with Gasteiger partial charge in [-0.1, -0.05) is 12.1 Å². The van der Waals surface area contributed by atoms with Crippen molar-refractivity contribution in [3.05, 3.63) is 66.1 Å². The van der Waals surface area contributed by atoms with E-state index in [0.29, 0.717) is 49.1 Å². The molecule has 2 heterocycles. The molecule has 0 N–H and O–H groups in total. The summed E-state index contributed by atoms with van der Waals surface area (Å²) >= 11 is 0. The first-order valence-corrected chi connectivity index (χ1v) is 11.3. The van der Waals surface area contributed by atoms with Gasteiger partial charge < -0.3 is 9.64 Å². The van der Waals surface area contributed by atoms with Crippen LogP contribution < -0.4 is 9.64 Å². The Morgan fingerprint density at radius 3 is 2.32 bits per heavy atom. The molecule has 3 aromatic rings. The Kier molecular flexibility index (Phi) is 5.88. The summed E-state index contributed by atoms with van der Waals surface area (Å²) in [5.74, 6) is 1.41. The van der Waals surface area contributed by atoms with E-state index >= 15 is 0 Å². The zero-order valence-electron chi connectivity index (χ0n) is 17.3. The van der Waals surface area contributed by atoms with E-state index in [2.05, 4.69) is 9.97 Å². The van der Waals surface area contributed by atoms with Crippen LogP contribution in [0.4, 0.5) is 10.2 Å². The second kappa shape index (κ2) is 8.60. The molecular weight excluding hydrogens is 419 g/mol. The standard InChI is InChI=1S/C22H23FN4O3S/c1-16-14-21(25-22(24-16)17-4-3-5-18(23)15-17)26-10-12-27(13-11-26)31(28,29)20-8-6-19(30-2)7-9-20/h3-9,14-15H,10-13H2,1-2H3. The number of hydrogen-bond acceptors (Lipinski definition) is 6. The minimum atomic E-state index is -3.58. The van der Waals surface area contributed by atoms with Crippen LogP contribution in [0, 0.1) is 12.7 Å². The average Bonchev–Trinajstić information content (AvgIpc) is 2.79. The molecule has 0 radical (unpaired) electrons. The van der Waals surface area contributed by atoms with E-state index in [1.165, 1.54) is 23.5 Å². The van der Waals surface area contributed by atoms with Crippen LogP contribution in [0.2, 0.25) is 0 Å². The highest BCUT2D eigenvalue weighted by atomic mass is 32.2. The van der Waals surface area contributed by atoms with Crippen molar-refractivity contribution in [3.63, 3.8) is 0 Å². The Morgan fingerprint density at radius 2 is 1.68 bits per heavy atom. The lowest BCUT2D eigenvalue weighted by molar-refractivity contribution is 0.383. The van der Waals surface area contributed by atoms with Gasteiger partial charge in [-0.25, -0.2) is 22.8 Å². The summed E-state index contributed by atoms with van der Waals surface area (Å²) in [5, 5.41) is 0. The predicted molar refractivity (Wildman–Crippen MR) is 116 cm³/mol. The number of ether oxygens (including phenoxy) is 1. The number of aryl methyl sites for hydroxylation is 1. The number of methoxy groups -OCH3 is 1. The summed E-state index contributed by atoms with van der Waals surface area (Å²) in [6.07, 6.45) is 0. The topological polar surface area (TPSA) is 75.6 Å². The van der Waals surface area contributed by atoms with Crippen molar-refractivity contribution in [1.82, 2.24) is 14.3 Å². The highest BCUT2D eigenvalue weighted by molar-refractivity contribution is 7.89. The van der Waals surface area contributed by atoms with Crippen LogP contribution in [0.1, 0.15) is 5.69 Å². The molecule has 0 spiro atoms. The molecule has 0 amide bonds.